The Morgan fingerprint density at radius 3 is 2.67 bits per heavy atom. The maximum Gasteiger partial charge on any atom is 0.323 e. The first-order valence-electron chi connectivity index (χ1n) is 4.30. The summed E-state index contributed by atoms with van der Waals surface area (Å²) in [7, 11) is 0. The van der Waals surface area contributed by atoms with E-state index < -0.39 is 23.1 Å². The van der Waals surface area contributed by atoms with Crippen molar-refractivity contribution in [2.75, 3.05) is 0 Å². The molecule has 1 aromatic rings. The van der Waals surface area contributed by atoms with Gasteiger partial charge in [-0.25, -0.2) is 8.78 Å². The number of hydrogen-bond acceptors (Lipinski definition) is 2. The number of aliphatic carboxylic acids is 1. The predicted molar refractivity (Wildman–Crippen MR) is 50.3 cm³/mol. The Labute approximate surface area is 85.5 Å². The molecule has 5 heteroatoms. The molecule has 1 unspecified atom stereocenters. The molecule has 0 saturated heterocycles. The molecular weight excluding hydrogens is 204 g/mol. The highest BCUT2D eigenvalue weighted by molar-refractivity contribution is 5.78. The highest BCUT2D eigenvalue weighted by atomic mass is 19.2. The molecule has 0 fully saturated rings. The van der Waals surface area contributed by atoms with Crippen molar-refractivity contribution in [2.24, 2.45) is 5.73 Å². The summed E-state index contributed by atoms with van der Waals surface area (Å²) in [5.41, 5.74) is 3.78. The van der Waals surface area contributed by atoms with E-state index in [-0.39, 0.29) is 12.0 Å². The number of hydrogen-bond donors (Lipinski definition) is 2. The van der Waals surface area contributed by atoms with E-state index in [0.717, 1.165) is 6.07 Å². The maximum atomic E-state index is 13.2. The fraction of sp³-hybridized carbons (Fsp3) is 0.300. The van der Waals surface area contributed by atoms with E-state index >= 15 is 0 Å². The van der Waals surface area contributed by atoms with Crippen LogP contribution in [0.15, 0.2) is 18.2 Å². The number of rotatable bonds is 3. The largest absolute Gasteiger partial charge is 0.480 e. The minimum Gasteiger partial charge on any atom is -0.480 e. The summed E-state index contributed by atoms with van der Waals surface area (Å²) < 4.78 is 26.0. The molecule has 0 saturated carbocycles. The van der Waals surface area contributed by atoms with Crippen LogP contribution < -0.4 is 5.73 Å². The molecule has 0 aromatic heterocycles. The van der Waals surface area contributed by atoms with Crippen LogP contribution in [0.1, 0.15) is 12.5 Å². The smallest absolute Gasteiger partial charge is 0.323 e. The lowest BCUT2D eigenvalue weighted by Gasteiger charge is -2.19. The maximum absolute atomic E-state index is 13.2. The van der Waals surface area contributed by atoms with E-state index in [0.29, 0.717) is 0 Å². The molecule has 1 atom stereocenters. The molecule has 0 aliphatic heterocycles. The first-order chi connectivity index (χ1) is 6.84. The Balaban J connectivity index is 3.00. The van der Waals surface area contributed by atoms with Crippen molar-refractivity contribution in [1.82, 2.24) is 0 Å². The van der Waals surface area contributed by atoms with Gasteiger partial charge >= 0.3 is 5.97 Å². The third-order valence-electron chi connectivity index (χ3n) is 2.08. The molecule has 1 aromatic carbocycles. The molecule has 0 aliphatic carbocycles. The van der Waals surface area contributed by atoms with E-state index in [9.17, 15) is 13.6 Å². The number of benzene rings is 1. The van der Waals surface area contributed by atoms with Gasteiger partial charge < -0.3 is 10.8 Å². The lowest BCUT2D eigenvalue weighted by Crippen LogP contribution is -2.47. The Morgan fingerprint density at radius 2 is 2.13 bits per heavy atom. The van der Waals surface area contributed by atoms with Crippen LogP contribution in [0, 0.1) is 11.6 Å². The fourth-order valence-electron chi connectivity index (χ4n) is 1.16. The fourth-order valence-corrected chi connectivity index (χ4v) is 1.16. The zero-order valence-electron chi connectivity index (χ0n) is 8.13. The Hall–Kier alpha value is -1.49. The van der Waals surface area contributed by atoms with Crippen LogP contribution in [0.4, 0.5) is 8.78 Å². The van der Waals surface area contributed by atoms with Gasteiger partial charge in [-0.3, -0.25) is 4.79 Å². The molecule has 0 aliphatic rings. The standard InChI is InChI=1S/C10H11F2NO2/c1-10(13,9(14)15)5-6-3-2-4-7(11)8(6)12/h2-4H,5,13H2,1H3,(H,14,15). The molecule has 0 amide bonds. The molecule has 3 nitrogen and oxygen atoms in total. The van der Waals surface area contributed by atoms with Gasteiger partial charge in [0.05, 0.1) is 0 Å². The summed E-state index contributed by atoms with van der Waals surface area (Å²) in [5, 5.41) is 8.72. The van der Waals surface area contributed by atoms with Crippen molar-refractivity contribution in [1.29, 1.82) is 0 Å². The van der Waals surface area contributed by atoms with Crippen LogP contribution in [0.5, 0.6) is 0 Å². The minimum atomic E-state index is -1.60. The summed E-state index contributed by atoms with van der Waals surface area (Å²) in [4.78, 5) is 10.7. The molecule has 82 valence electrons. The Bertz CT molecular complexity index is 391. The summed E-state index contributed by atoms with van der Waals surface area (Å²) >= 11 is 0. The summed E-state index contributed by atoms with van der Waals surface area (Å²) in [6.07, 6.45) is -0.258. The minimum absolute atomic E-state index is 0.0394. The number of carboxylic acids is 1. The number of halogens is 2. The number of carbonyl (C=O) groups is 1. The molecule has 0 bridgehead atoms. The van der Waals surface area contributed by atoms with Crippen molar-refractivity contribution < 1.29 is 18.7 Å². The molecule has 1 rings (SSSR count). The highest BCUT2D eigenvalue weighted by Gasteiger charge is 2.29. The van der Waals surface area contributed by atoms with E-state index in [1.807, 2.05) is 0 Å². The number of nitrogens with two attached hydrogens (primary N) is 1. The van der Waals surface area contributed by atoms with Gasteiger partial charge in [0.2, 0.25) is 0 Å². The first-order valence-corrected chi connectivity index (χ1v) is 4.30. The van der Waals surface area contributed by atoms with Gasteiger partial charge in [0.1, 0.15) is 5.54 Å². The average molecular weight is 215 g/mol. The summed E-state index contributed by atoms with van der Waals surface area (Å²) in [6.45, 7) is 1.25. The number of carboxylic acid groups (broad SMARTS) is 1. The van der Waals surface area contributed by atoms with E-state index in [1.165, 1.54) is 19.1 Å². The third-order valence-corrected chi connectivity index (χ3v) is 2.08. The Morgan fingerprint density at radius 1 is 1.53 bits per heavy atom. The quantitative estimate of drug-likeness (QED) is 0.799. The molecule has 15 heavy (non-hydrogen) atoms. The normalized spacial score (nSPS) is 14.7. The topological polar surface area (TPSA) is 63.3 Å². The van der Waals surface area contributed by atoms with Crippen LogP contribution in [0.25, 0.3) is 0 Å². The second-order valence-corrected chi connectivity index (χ2v) is 3.61. The van der Waals surface area contributed by atoms with Gasteiger partial charge in [-0.1, -0.05) is 12.1 Å². The predicted octanol–water partition coefficient (Wildman–Crippen LogP) is 1.31. The molecule has 0 heterocycles. The molecule has 0 radical (unpaired) electrons. The van der Waals surface area contributed by atoms with Gasteiger partial charge in [0.25, 0.3) is 0 Å². The third kappa shape index (κ3) is 2.50. The molecule has 0 spiro atoms. The summed E-state index contributed by atoms with van der Waals surface area (Å²) in [5.74, 6) is -3.31. The van der Waals surface area contributed by atoms with Crippen LogP contribution >= 0.6 is 0 Å². The zero-order chi connectivity index (χ0) is 11.6. The van der Waals surface area contributed by atoms with Crippen molar-refractivity contribution in [3.63, 3.8) is 0 Å². The first kappa shape index (κ1) is 11.6. The second-order valence-electron chi connectivity index (χ2n) is 3.61. The van der Waals surface area contributed by atoms with Gasteiger partial charge in [0, 0.05) is 6.42 Å². The lowest BCUT2D eigenvalue weighted by molar-refractivity contribution is -0.142. The SMILES string of the molecule is CC(N)(Cc1cccc(F)c1F)C(=O)O. The van der Waals surface area contributed by atoms with Crippen molar-refractivity contribution >= 4 is 5.97 Å². The van der Waals surface area contributed by atoms with Crippen LogP contribution in [0.2, 0.25) is 0 Å². The second kappa shape index (κ2) is 3.94. The van der Waals surface area contributed by atoms with Crippen molar-refractivity contribution in [3.05, 3.63) is 35.4 Å². The average Bonchev–Trinajstić information content (AvgIpc) is 2.12. The summed E-state index contributed by atoms with van der Waals surface area (Å²) in [6, 6.07) is 3.59. The van der Waals surface area contributed by atoms with Gasteiger partial charge in [0.15, 0.2) is 11.6 Å². The van der Waals surface area contributed by atoms with Crippen molar-refractivity contribution in [2.45, 2.75) is 18.9 Å². The molecular formula is C10H11F2NO2. The van der Waals surface area contributed by atoms with E-state index in [4.69, 9.17) is 10.8 Å². The Kier molecular flexibility index (Phi) is 3.04. The van der Waals surface area contributed by atoms with Gasteiger partial charge in [-0.2, -0.15) is 0 Å². The van der Waals surface area contributed by atoms with Crippen LogP contribution in [-0.2, 0) is 11.2 Å². The van der Waals surface area contributed by atoms with E-state index in [2.05, 4.69) is 0 Å². The van der Waals surface area contributed by atoms with Crippen LogP contribution in [0.3, 0.4) is 0 Å². The van der Waals surface area contributed by atoms with E-state index in [1.54, 1.807) is 0 Å². The van der Waals surface area contributed by atoms with Gasteiger partial charge in [-0.05, 0) is 18.6 Å². The zero-order valence-corrected chi connectivity index (χ0v) is 8.13. The monoisotopic (exact) mass is 215 g/mol. The van der Waals surface area contributed by atoms with Crippen molar-refractivity contribution in [3.8, 4) is 0 Å². The van der Waals surface area contributed by atoms with Gasteiger partial charge in [-0.15, -0.1) is 0 Å². The molecule has 3 N–H and O–H groups in total. The lowest BCUT2D eigenvalue weighted by atomic mass is 9.94. The highest BCUT2D eigenvalue weighted by Crippen LogP contribution is 2.16. The van der Waals surface area contributed by atoms with Crippen LogP contribution in [-0.4, -0.2) is 16.6 Å².